The Morgan fingerprint density at radius 3 is 2.31 bits per heavy atom. The minimum Gasteiger partial charge on any atom is -0.347 e. The van der Waals surface area contributed by atoms with E-state index < -0.39 is 15.9 Å². The molecule has 0 atom stereocenters. The fraction of sp³-hybridized carbons (Fsp3) is 0.407. The van der Waals surface area contributed by atoms with Gasteiger partial charge in [-0.3, -0.25) is 9.59 Å². The van der Waals surface area contributed by atoms with E-state index in [1.807, 2.05) is 18.2 Å². The van der Waals surface area contributed by atoms with E-state index in [2.05, 4.69) is 33.8 Å². The van der Waals surface area contributed by atoms with Crippen molar-refractivity contribution >= 4 is 38.4 Å². The van der Waals surface area contributed by atoms with Crippen LogP contribution in [0.2, 0.25) is 0 Å². The molecular formula is C27H35N3O4S. The average molecular weight is 498 g/mol. The molecule has 0 aliphatic carbocycles. The van der Waals surface area contributed by atoms with Gasteiger partial charge in [0.25, 0.3) is 10.0 Å². The van der Waals surface area contributed by atoms with Crippen LogP contribution in [-0.2, 0) is 26.2 Å². The number of carbonyl (C=O) groups is 2. The number of aryl methyl sites for hydroxylation is 1. The van der Waals surface area contributed by atoms with Crippen LogP contribution >= 0.6 is 0 Å². The number of amides is 2. The Bertz CT molecular complexity index is 1220. The summed E-state index contributed by atoms with van der Waals surface area (Å²) in [4.78, 5) is 24.3. The fourth-order valence-electron chi connectivity index (χ4n) is 4.00. The SMILES string of the molecule is CCCCCC(=O)Nc1ccc2ccn(CCCCCCC(=O)NS(=O)(=O)c3ccccc3)c2c1. The van der Waals surface area contributed by atoms with E-state index in [1.165, 1.54) is 12.1 Å². The second-order valence-electron chi connectivity index (χ2n) is 8.79. The Morgan fingerprint density at radius 1 is 0.829 bits per heavy atom. The normalized spacial score (nSPS) is 11.5. The van der Waals surface area contributed by atoms with Crippen LogP contribution in [0.25, 0.3) is 10.9 Å². The van der Waals surface area contributed by atoms with Crippen LogP contribution in [-0.4, -0.2) is 24.8 Å². The van der Waals surface area contributed by atoms with E-state index >= 15 is 0 Å². The Labute approximate surface area is 208 Å². The van der Waals surface area contributed by atoms with Crippen molar-refractivity contribution in [1.29, 1.82) is 0 Å². The lowest BCUT2D eigenvalue weighted by Crippen LogP contribution is -2.30. The molecule has 0 saturated carbocycles. The quantitative estimate of drug-likeness (QED) is 0.283. The smallest absolute Gasteiger partial charge is 0.264 e. The van der Waals surface area contributed by atoms with E-state index in [0.29, 0.717) is 12.8 Å². The van der Waals surface area contributed by atoms with Gasteiger partial charge in [-0.05, 0) is 55.0 Å². The van der Waals surface area contributed by atoms with Crippen LogP contribution < -0.4 is 10.0 Å². The number of sulfonamides is 1. The molecule has 0 saturated heterocycles. The van der Waals surface area contributed by atoms with Crippen LogP contribution in [0.15, 0.2) is 65.7 Å². The van der Waals surface area contributed by atoms with Gasteiger partial charge in [0, 0.05) is 31.3 Å². The van der Waals surface area contributed by atoms with Gasteiger partial charge >= 0.3 is 0 Å². The van der Waals surface area contributed by atoms with Crippen molar-refractivity contribution in [3.05, 3.63) is 60.8 Å². The third kappa shape index (κ3) is 8.24. The molecule has 0 bridgehead atoms. The highest BCUT2D eigenvalue weighted by atomic mass is 32.2. The highest BCUT2D eigenvalue weighted by molar-refractivity contribution is 7.90. The summed E-state index contributed by atoms with van der Waals surface area (Å²) in [5, 5.41) is 4.13. The molecule has 0 spiro atoms. The molecule has 0 unspecified atom stereocenters. The van der Waals surface area contributed by atoms with Crippen molar-refractivity contribution in [2.24, 2.45) is 0 Å². The number of hydrogen-bond donors (Lipinski definition) is 2. The number of nitrogens with zero attached hydrogens (tertiary/aromatic N) is 1. The summed E-state index contributed by atoms with van der Waals surface area (Å²) in [7, 11) is -3.80. The number of rotatable bonds is 14. The molecule has 1 heterocycles. The molecule has 188 valence electrons. The summed E-state index contributed by atoms with van der Waals surface area (Å²) in [6.07, 6.45) is 9.21. The average Bonchev–Trinajstić information content (AvgIpc) is 3.24. The van der Waals surface area contributed by atoms with Gasteiger partial charge in [0.15, 0.2) is 0 Å². The van der Waals surface area contributed by atoms with E-state index in [1.54, 1.807) is 18.2 Å². The largest absolute Gasteiger partial charge is 0.347 e. The number of benzene rings is 2. The summed E-state index contributed by atoms with van der Waals surface area (Å²) in [6.45, 7) is 2.96. The fourth-order valence-corrected chi connectivity index (χ4v) is 5.03. The van der Waals surface area contributed by atoms with Gasteiger partial charge in [-0.15, -0.1) is 0 Å². The van der Waals surface area contributed by atoms with Crippen molar-refractivity contribution < 1.29 is 18.0 Å². The van der Waals surface area contributed by atoms with Gasteiger partial charge in [0.1, 0.15) is 0 Å². The number of unbranched alkanes of at least 4 members (excludes halogenated alkanes) is 5. The first-order valence-electron chi connectivity index (χ1n) is 12.4. The molecular weight excluding hydrogens is 462 g/mol. The summed E-state index contributed by atoms with van der Waals surface area (Å²) in [5.41, 5.74) is 1.90. The van der Waals surface area contributed by atoms with Gasteiger partial charge in [0.2, 0.25) is 11.8 Å². The lowest BCUT2D eigenvalue weighted by molar-refractivity contribution is -0.119. The van der Waals surface area contributed by atoms with Gasteiger partial charge in [-0.2, -0.15) is 0 Å². The summed E-state index contributed by atoms with van der Waals surface area (Å²) in [5.74, 6) is -0.425. The Hall–Kier alpha value is -3.13. The Kier molecular flexibility index (Phi) is 9.90. The minimum absolute atomic E-state index is 0.0523. The number of carbonyl (C=O) groups excluding carboxylic acids is 2. The topological polar surface area (TPSA) is 97.3 Å². The first-order chi connectivity index (χ1) is 16.9. The predicted octanol–water partition coefficient (Wildman–Crippen LogP) is 5.62. The van der Waals surface area contributed by atoms with Crippen molar-refractivity contribution in [2.45, 2.75) is 76.2 Å². The Morgan fingerprint density at radius 2 is 1.54 bits per heavy atom. The maximum absolute atomic E-state index is 12.2. The van der Waals surface area contributed by atoms with E-state index in [0.717, 1.165) is 61.7 Å². The number of anilines is 1. The monoisotopic (exact) mass is 497 g/mol. The molecule has 3 aromatic rings. The number of nitrogens with one attached hydrogen (secondary N) is 2. The van der Waals surface area contributed by atoms with Gasteiger partial charge < -0.3 is 9.88 Å². The van der Waals surface area contributed by atoms with E-state index in [4.69, 9.17) is 0 Å². The van der Waals surface area contributed by atoms with Crippen LogP contribution in [0, 0.1) is 0 Å². The maximum atomic E-state index is 12.2. The molecule has 8 heteroatoms. The molecule has 2 N–H and O–H groups in total. The number of fused-ring (bicyclic) bond motifs is 1. The van der Waals surface area contributed by atoms with Crippen molar-refractivity contribution in [3.8, 4) is 0 Å². The van der Waals surface area contributed by atoms with Crippen LogP contribution in [0.5, 0.6) is 0 Å². The zero-order chi connectivity index (χ0) is 25.1. The zero-order valence-electron chi connectivity index (χ0n) is 20.3. The van der Waals surface area contributed by atoms with Gasteiger partial charge in [-0.25, -0.2) is 13.1 Å². The minimum atomic E-state index is -3.80. The molecule has 0 fully saturated rings. The van der Waals surface area contributed by atoms with Crippen molar-refractivity contribution in [1.82, 2.24) is 9.29 Å². The first-order valence-corrected chi connectivity index (χ1v) is 13.9. The molecule has 0 aliphatic heterocycles. The van der Waals surface area contributed by atoms with Crippen LogP contribution in [0.4, 0.5) is 5.69 Å². The van der Waals surface area contributed by atoms with E-state index in [9.17, 15) is 18.0 Å². The molecule has 0 radical (unpaired) electrons. The predicted molar refractivity (Wildman–Crippen MR) is 140 cm³/mol. The molecule has 2 amide bonds. The summed E-state index contributed by atoms with van der Waals surface area (Å²) >= 11 is 0. The highest BCUT2D eigenvalue weighted by Crippen LogP contribution is 2.22. The molecule has 3 rings (SSSR count). The first kappa shape index (κ1) is 26.5. The maximum Gasteiger partial charge on any atom is 0.264 e. The lowest BCUT2D eigenvalue weighted by atomic mass is 10.1. The lowest BCUT2D eigenvalue weighted by Gasteiger charge is -2.09. The van der Waals surface area contributed by atoms with Crippen molar-refractivity contribution in [3.63, 3.8) is 0 Å². The second kappa shape index (κ2) is 13.1. The molecule has 7 nitrogen and oxygen atoms in total. The number of aromatic nitrogens is 1. The third-order valence-electron chi connectivity index (χ3n) is 5.92. The Balaban J connectivity index is 1.40. The van der Waals surface area contributed by atoms with E-state index in [-0.39, 0.29) is 17.2 Å². The van der Waals surface area contributed by atoms with Crippen molar-refractivity contribution in [2.75, 3.05) is 5.32 Å². The highest BCUT2D eigenvalue weighted by Gasteiger charge is 2.16. The number of hydrogen-bond acceptors (Lipinski definition) is 4. The molecule has 1 aromatic heterocycles. The zero-order valence-corrected chi connectivity index (χ0v) is 21.1. The van der Waals surface area contributed by atoms with Gasteiger partial charge in [-0.1, -0.05) is 56.9 Å². The van der Waals surface area contributed by atoms with Crippen LogP contribution in [0.1, 0.15) is 64.7 Å². The molecule has 0 aliphatic rings. The summed E-state index contributed by atoms with van der Waals surface area (Å²) < 4.78 is 28.7. The second-order valence-corrected chi connectivity index (χ2v) is 10.5. The molecule has 2 aromatic carbocycles. The van der Waals surface area contributed by atoms with Gasteiger partial charge in [0.05, 0.1) is 10.4 Å². The standard InChI is InChI=1S/C27H35N3O4S/c1-2-3-7-14-26(31)28-23-17-16-22-18-20-30(25(22)21-23)19-11-5-4-10-15-27(32)29-35(33,34)24-12-8-6-9-13-24/h6,8-9,12-13,16-18,20-21H,2-5,7,10-11,14-15,19H2,1H3,(H,28,31)(H,29,32). The van der Waals surface area contributed by atoms with Crippen LogP contribution in [0.3, 0.4) is 0 Å². The third-order valence-corrected chi connectivity index (χ3v) is 7.31. The molecule has 35 heavy (non-hydrogen) atoms. The summed E-state index contributed by atoms with van der Waals surface area (Å²) in [6, 6.07) is 15.9.